The first-order valence-electron chi connectivity index (χ1n) is 31.1. The molecule has 0 atom stereocenters. The number of unbranched alkanes of at least 4 members (excludes halogenated alkanes) is 1. The molecule has 3 aliphatic heterocycles. The molecule has 0 bridgehead atoms. The smallest absolute Gasteiger partial charge is 0.408 e. The van der Waals surface area contributed by atoms with Gasteiger partial charge in [0.15, 0.2) is 0 Å². The fraction of sp³-hybridized carbons (Fsp3) is 0.642. The molecule has 18 heteroatoms. The van der Waals surface area contributed by atoms with E-state index in [1.165, 1.54) is 16.7 Å². The molecule has 9 N–H and O–H groups in total. The Morgan fingerprint density at radius 3 is 1.02 bits per heavy atom. The number of rotatable bonds is 22. The first-order valence-corrected chi connectivity index (χ1v) is 31.1. The first kappa shape index (κ1) is 71.2. The molecule has 0 radical (unpaired) electrons. The average Bonchev–Trinajstić information content (AvgIpc) is 3.21. The summed E-state index contributed by atoms with van der Waals surface area (Å²) in [7, 11) is 0. The molecule has 3 fully saturated rings. The lowest BCUT2D eigenvalue weighted by Crippen LogP contribution is -2.49. The molecule has 474 valence electrons. The van der Waals surface area contributed by atoms with Gasteiger partial charge in [-0.3, -0.25) is 14.4 Å². The van der Waals surface area contributed by atoms with Crippen molar-refractivity contribution in [1.82, 2.24) is 30.7 Å². The third-order valence-corrected chi connectivity index (χ3v) is 16.5. The number of alkyl carbamates (subject to hydrolysis) is 3. The molecule has 0 spiro atoms. The summed E-state index contributed by atoms with van der Waals surface area (Å²) < 4.78 is 15.5. The van der Waals surface area contributed by atoms with E-state index >= 15 is 0 Å². The predicted octanol–water partition coefficient (Wildman–Crippen LogP) is 9.69. The number of aryl methyl sites for hydroxylation is 3. The largest absolute Gasteiger partial charge is 0.444 e. The Kier molecular flexibility index (Phi) is 29.2. The van der Waals surface area contributed by atoms with E-state index in [1.54, 1.807) is 20.8 Å². The lowest BCUT2D eigenvalue weighted by Gasteiger charge is -2.41. The Hall–Kier alpha value is -6.24. The Morgan fingerprint density at radius 2 is 0.706 bits per heavy atom. The second kappa shape index (κ2) is 34.8. The van der Waals surface area contributed by atoms with Crippen LogP contribution in [-0.2, 0) is 47.9 Å². The van der Waals surface area contributed by atoms with Gasteiger partial charge in [-0.25, -0.2) is 14.4 Å². The highest BCUT2D eigenvalue weighted by Gasteiger charge is 2.37. The SMILES string of the molecule is CC(C)(C)OC(=O)NCC(=O)N1CCC(CN)(CCc2ccccc2)CC1.CC(C)(C)OC(=O)NCCC(=O)N1CCC(CN)(CCc2ccccc2)CC1.CC(C)(C)OC(=O)NCCCCC(=O)N1CCC(CN)(CCc2ccccc2)CC1. The van der Waals surface area contributed by atoms with Crippen molar-refractivity contribution in [2.75, 3.05) is 78.5 Å². The molecule has 0 unspecified atom stereocenters. The standard InChI is InChI=1S/C24H39N3O3.C22H35N3O3.C21H33N3O3/c1-23(2,3)30-22(29)26-16-8-7-11-21(28)27-17-14-24(19-25,15-18-27)13-12-20-9-5-4-6-10-20;1-21(2,3)28-20(27)24-14-10-19(26)25-15-12-22(17-23,13-16-25)11-9-18-7-5-4-6-8-18;1-20(2,3)27-19(26)23-15-18(25)24-13-11-21(16-22,12-14-24)10-9-17-7-5-4-6-8-17/h4-6,9-10H,7-8,11-19,25H2,1-3H3,(H,26,29);4-8H,9-17,23H2,1-3H3,(H,24,27);4-8H,9-16,22H2,1-3H3,(H,23,26). The van der Waals surface area contributed by atoms with Crippen LogP contribution in [0.1, 0.15) is 162 Å². The number of piperidine rings is 3. The normalized spacial score (nSPS) is 16.4. The van der Waals surface area contributed by atoms with Crippen molar-refractivity contribution in [2.24, 2.45) is 33.4 Å². The lowest BCUT2D eigenvalue weighted by molar-refractivity contribution is -0.134. The number of ether oxygens (including phenoxy) is 3. The fourth-order valence-electron chi connectivity index (χ4n) is 10.9. The summed E-state index contributed by atoms with van der Waals surface area (Å²) in [5.74, 6) is 0.209. The van der Waals surface area contributed by atoms with E-state index in [4.69, 9.17) is 31.4 Å². The molecule has 0 aromatic heterocycles. The highest BCUT2D eigenvalue weighted by molar-refractivity contribution is 5.82. The number of carbonyl (C=O) groups excluding carboxylic acids is 6. The van der Waals surface area contributed by atoms with Crippen LogP contribution in [-0.4, -0.2) is 146 Å². The zero-order valence-corrected chi connectivity index (χ0v) is 53.2. The summed E-state index contributed by atoms with van der Waals surface area (Å²) in [6.45, 7) is 23.5. The topological polar surface area (TPSA) is 254 Å². The van der Waals surface area contributed by atoms with E-state index in [2.05, 4.69) is 88.7 Å². The summed E-state index contributed by atoms with van der Waals surface area (Å²) in [5.41, 5.74) is 21.1. The number of amides is 6. The average molecular weight is 1180 g/mol. The van der Waals surface area contributed by atoms with E-state index in [0.29, 0.717) is 58.7 Å². The van der Waals surface area contributed by atoms with Gasteiger partial charge in [-0.05, 0) is 205 Å². The van der Waals surface area contributed by atoms with Crippen molar-refractivity contribution in [3.63, 3.8) is 0 Å². The number of hydrogen-bond acceptors (Lipinski definition) is 12. The van der Waals surface area contributed by atoms with Crippen molar-refractivity contribution >= 4 is 36.0 Å². The number of nitrogens with two attached hydrogens (primary N) is 3. The molecule has 3 heterocycles. The number of hydrogen-bond donors (Lipinski definition) is 6. The maximum atomic E-state index is 12.5. The summed E-state index contributed by atoms with van der Waals surface area (Å²) in [4.78, 5) is 78.0. The minimum atomic E-state index is -0.572. The Morgan fingerprint density at radius 1 is 0.412 bits per heavy atom. The molecule has 3 aromatic carbocycles. The third-order valence-electron chi connectivity index (χ3n) is 16.5. The van der Waals surface area contributed by atoms with Crippen molar-refractivity contribution in [3.05, 3.63) is 108 Å². The minimum Gasteiger partial charge on any atom is -0.444 e. The molecule has 3 saturated heterocycles. The zero-order chi connectivity index (χ0) is 62.6. The molecule has 85 heavy (non-hydrogen) atoms. The maximum Gasteiger partial charge on any atom is 0.408 e. The predicted molar refractivity (Wildman–Crippen MR) is 337 cm³/mol. The van der Waals surface area contributed by atoms with Crippen molar-refractivity contribution in [1.29, 1.82) is 0 Å². The van der Waals surface area contributed by atoms with Crippen LogP contribution in [0.2, 0.25) is 0 Å². The lowest BCUT2D eigenvalue weighted by atomic mass is 9.74. The van der Waals surface area contributed by atoms with Gasteiger partial charge >= 0.3 is 18.3 Å². The summed E-state index contributed by atoms with van der Waals surface area (Å²) >= 11 is 0. The maximum absolute atomic E-state index is 12.5. The monoisotopic (exact) mass is 1180 g/mol. The molecule has 3 aliphatic rings. The van der Waals surface area contributed by atoms with Gasteiger partial charge in [0.25, 0.3) is 0 Å². The molecule has 6 amide bonds. The first-order chi connectivity index (χ1) is 40.2. The van der Waals surface area contributed by atoms with Gasteiger partial charge in [-0.15, -0.1) is 0 Å². The molecule has 3 aromatic rings. The Labute approximate surface area is 509 Å². The molecular weight excluding hydrogens is 1070 g/mol. The van der Waals surface area contributed by atoms with Crippen LogP contribution >= 0.6 is 0 Å². The van der Waals surface area contributed by atoms with E-state index in [9.17, 15) is 28.8 Å². The van der Waals surface area contributed by atoms with Crippen LogP contribution in [0.4, 0.5) is 14.4 Å². The van der Waals surface area contributed by atoms with Gasteiger partial charge < -0.3 is 62.1 Å². The van der Waals surface area contributed by atoms with Crippen LogP contribution in [0.15, 0.2) is 91.0 Å². The van der Waals surface area contributed by atoms with E-state index in [0.717, 1.165) is 116 Å². The number of benzene rings is 3. The Balaban J connectivity index is 0.000000274. The molecular formula is C67H107N9O9. The highest BCUT2D eigenvalue weighted by Crippen LogP contribution is 2.38. The van der Waals surface area contributed by atoms with E-state index in [-0.39, 0.29) is 40.5 Å². The van der Waals surface area contributed by atoms with Gasteiger partial charge in [0.1, 0.15) is 23.3 Å². The number of nitrogens with zero attached hydrogens (tertiary/aromatic N) is 3. The van der Waals surface area contributed by atoms with Gasteiger partial charge in [-0.2, -0.15) is 0 Å². The Bertz CT molecular complexity index is 2450. The molecule has 18 nitrogen and oxygen atoms in total. The van der Waals surface area contributed by atoms with Crippen LogP contribution in [0.3, 0.4) is 0 Å². The zero-order valence-electron chi connectivity index (χ0n) is 53.2. The van der Waals surface area contributed by atoms with Crippen molar-refractivity contribution in [3.8, 4) is 0 Å². The number of carbonyl (C=O) groups is 6. The van der Waals surface area contributed by atoms with Crippen LogP contribution < -0.4 is 33.2 Å². The van der Waals surface area contributed by atoms with Crippen molar-refractivity contribution in [2.45, 2.75) is 182 Å². The van der Waals surface area contributed by atoms with E-state index < -0.39 is 35.1 Å². The fourth-order valence-corrected chi connectivity index (χ4v) is 10.9. The molecule has 0 saturated carbocycles. The van der Waals surface area contributed by atoms with E-state index in [1.807, 2.05) is 74.4 Å². The van der Waals surface area contributed by atoms with Gasteiger partial charge in [0.05, 0.1) is 0 Å². The quantitative estimate of drug-likeness (QED) is 0.0406. The third kappa shape index (κ3) is 27.8. The van der Waals surface area contributed by atoms with Crippen molar-refractivity contribution < 1.29 is 43.0 Å². The van der Waals surface area contributed by atoms with Gasteiger partial charge in [0, 0.05) is 65.2 Å². The number of nitrogens with one attached hydrogen (secondary N) is 3. The van der Waals surface area contributed by atoms with Gasteiger partial charge in [0.2, 0.25) is 17.7 Å². The molecule has 0 aliphatic carbocycles. The van der Waals surface area contributed by atoms with Crippen LogP contribution in [0.25, 0.3) is 0 Å². The molecule has 6 rings (SSSR count). The second-order valence-corrected chi connectivity index (χ2v) is 26.6. The summed E-state index contributed by atoms with van der Waals surface area (Å²) in [5, 5.41) is 7.93. The van der Waals surface area contributed by atoms with Crippen LogP contribution in [0, 0.1) is 16.2 Å². The van der Waals surface area contributed by atoms with Gasteiger partial charge in [-0.1, -0.05) is 91.0 Å². The second-order valence-electron chi connectivity index (χ2n) is 26.6. The highest BCUT2D eigenvalue weighted by atomic mass is 16.6. The van der Waals surface area contributed by atoms with Crippen LogP contribution in [0.5, 0.6) is 0 Å². The summed E-state index contributed by atoms with van der Waals surface area (Å²) in [6, 6.07) is 31.4. The summed E-state index contributed by atoms with van der Waals surface area (Å²) in [6.07, 6.45) is 12.7. The minimum absolute atomic E-state index is 0.0332. The number of likely N-dealkylation sites (tertiary alicyclic amines) is 3.